The van der Waals surface area contributed by atoms with E-state index in [0.717, 1.165) is 31.2 Å². The number of ether oxygens (including phenoxy) is 1. The molecule has 0 amide bonds. The minimum Gasteiger partial charge on any atom is -0.487 e. The average Bonchev–Trinajstić information content (AvgIpc) is 2.71. The van der Waals surface area contributed by atoms with Crippen molar-refractivity contribution in [2.24, 2.45) is 5.92 Å². The number of hydrogen-bond acceptors (Lipinski definition) is 2. The summed E-state index contributed by atoms with van der Waals surface area (Å²) in [5, 5.41) is 10.2. The summed E-state index contributed by atoms with van der Waals surface area (Å²) in [6.07, 6.45) is 4.37. The topological polar surface area (TPSA) is 29.5 Å². The van der Waals surface area contributed by atoms with Gasteiger partial charge in [-0.05, 0) is 37.3 Å². The summed E-state index contributed by atoms with van der Waals surface area (Å²) in [7, 11) is 0. The van der Waals surface area contributed by atoms with Crippen molar-refractivity contribution in [1.82, 2.24) is 0 Å². The van der Waals surface area contributed by atoms with E-state index in [9.17, 15) is 9.50 Å². The molecule has 3 atom stereocenters. The molecule has 0 aromatic heterocycles. The molecule has 1 fully saturated rings. The first-order valence-corrected chi connectivity index (χ1v) is 6.78. The third-order valence-electron chi connectivity index (χ3n) is 4.47. The zero-order valence-corrected chi connectivity index (χ0v) is 10.7. The van der Waals surface area contributed by atoms with Crippen molar-refractivity contribution < 1.29 is 14.2 Å². The largest absolute Gasteiger partial charge is 0.487 e. The van der Waals surface area contributed by atoms with Crippen molar-refractivity contribution in [1.29, 1.82) is 0 Å². The van der Waals surface area contributed by atoms with Crippen LogP contribution in [0.4, 0.5) is 4.39 Å². The van der Waals surface area contributed by atoms with Gasteiger partial charge in [0.05, 0.1) is 6.10 Å². The zero-order valence-electron chi connectivity index (χ0n) is 10.7. The minimum atomic E-state index is -0.523. The van der Waals surface area contributed by atoms with E-state index in [1.165, 1.54) is 12.1 Å². The highest BCUT2D eigenvalue weighted by molar-refractivity contribution is 5.38. The van der Waals surface area contributed by atoms with E-state index < -0.39 is 6.10 Å². The monoisotopic (exact) mass is 250 g/mol. The molecule has 1 N–H and O–H groups in total. The van der Waals surface area contributed by atoms with Crippen LogP contribution in [-0.4, -0.2) is 10.7 Å². The molecule has 1 aromatic rings. The van der Waals surface area contributed by atoms with Gasteiger partial charge < -0.3 is 9.84 Å². The third-order valence-corrected chi connectivity index (χ3v) is 4.47. The Morgan fingerprint density at radius 2 is 2.28 bits per heavy atom. The van der Waals surface area contributed by atoms with Gasteiger partial charge in [-0.1, -0.05) is 13.3 Å². The van der Waals surface area contributed by atoms with Crippen LogP contribution in [0.5, 0.6) is 5.75 Å². The highest BCUT2D eigenvalue weighted by Gasteiger charge is 2.45. The Labute approximate surface area is 107 Å². The number of rotatable bonds is 1. The molecule has 3 heteroatoms. The first-order valence-electron chi connectivity index (χ1n) is 6.78. The van der Waals surface area contributed by atoms with E-state index >= 15 is 0 Å². The van der Waals surface area contributed by atoms with Crippen molar-refractivity contribution in [2.45, 2.75) is 50.7 Å². The van der Waals surface area contributed by atoms with Crippen molar-refractivity contribution >= 4 is 0 Å². The molecular formula is C15H19FO2. The first-order chi connectivity index (χ1) is 8.62. The van der Waals surface area contributed by atoms with Crippen LogP contribution in [0.1, 0.15) is 50.7 Å². The molecule has 0 bridgehead atoms. The molecule has 1 heterocycles. The normalized spacial score (nSPS) is 34.4. The second-order valence-corrected chi connectivity index (χ2v) is 5.70. The molecule has 0 saturated heterocycles. The molecule has 2 unspecified atom stereocenters. The van der Waals surface area contributed by atoms with Gasteiger partial charge in [-0.2, -0.15) is 0 Å². The SMILES string of the molecule is CCC1CCC2(C1)C[C@H](O)c1ccc(F)cc1O2. The van der Waals surface area contributed by atoms with Gasteiger partial charge in [-0.25, -0.2) is 4.39 Å². The van der Waals surface area contributed by atoms with Crippen LogP contribution >= 0.6 is 0 Å². The van der Waals surface area contributed by atoms with E-state index in [1.54, 1.807) is 6.07 Å². The molecule has 2 nitrogen and oxygen atoms in total. The smallest absolute Gasteiger partial charge is 0.128 e. The summed E-state index contributed by atoms with van der Waals surface area (Å²) in [4.78, 5) is 0. The summed E-state index contributed by atoms with van der Waals surface area (Å²) in [5.41, 5.74) is 0.461. The van der Waals surface area contributed by atoms with Crippen LogP contribution in [0.2, 0.25) is 0 Å². The van der Waals surface area contributed by atoms with E-state index in [4.69, 9.17) is 4.74 Å². The van der Waals surface area contributed by atoms with Crippen LogP contribution in [0, 0.1) is 11.7 Å². The maximum absolute atomic E-state index is 13.3. The second-order valence-electron chi connectivity index (χ2n) is 5.70. The van der Waals surface area contributed by atoms with Crippen molar-refractivity contribution in [3.8, 4) is 5.75 Å². The third kappa shape index (κ3) is 1.91. The zero-order chi connectivity index (χ0) is 12.8. The lowest BCUT2D eigenvalue weighted by atomic mass is 9.86. The summed E-state index contributed by atoms with van der Waals surface area (Å²) in [6, 6.07) is 4.42. The molecule has 1 spiro atoms. The molecule has 3 rings (SSSR count). The fourth-order valence-corrected chi connectivity index (χ4v) is 3.43. The standard InChI is InChI=1S/C15H19FO2/c1-2-10-5-6-15(8-10)9-13(17)12-4-3-11(16)7-14(12)18-15/h3-4,7,10,13,17H,2,5-6,8-9H2,1H3/t10?,13-,15?/m0/s1. The van der Waals surface area contributed by atoms with Gasteiger partial charge in [0.1, 0.15) is 17.2 Å². The summed E-state index contributed by atoms with van der Waals surface area (Å²) < 4.78 is 19.3. The lowest BCUT2D eigenvalue weighted by Gasteiger charge is -2.38. The Balaban J connectivity index is 1.91. The lowest BCUT2D eigenvalue weighted by Crippen LogP contribution is -2.38. The first kappa shape index (κ1) is 12.0. The van der Waals surface area contributed by atoms with Crippen molar-refractivity contribution in [2.75, 3.05) is 0 Å². The Bertz CT molecular complexity index is 460. The molecule has 1 aromatic carbocycles. The van der Waals surface area contributed by atoms with Crippen LogP contribution in [0.25, 0.3) is 0 Å². The van der Waals surface area contributed by atoms with E-state index in [0.29, 0.717) is 18.1 Å². The highest BCUT2D eigenvalue weighted by atomic mass is 19.1. The van der Waals surface area contributed by atoms with Gasteiger partial charge in [-0.3, -0.25) is 0 Å². The molecule has 2 aliphatic rings. The maximum atomic E-state index is 13.3. The number of aliphatic hydroxyl groups excluding tert-OH is 1. The number of hydrogen-bond donors (Lipinski definition) is 1. The predicted molar refractivity (Wildman–Crippen MR) is 67.0 cm³/mol. The van der Waals surface area contributed by atoms with E-state index in [1.807, 2.05) is 0 Å². The summed E-state index contributed by atoms with van der Waals surface area (Å²) in [5.74, 6) is 0.904. The highest BCUT2D eigenvalue weighted by Crippen LogP contribution is 2.49. The fourth-order valence-electron chi connectivity index (χ4n) is 3.43. The Morgan fingerprint density at radius 3 is 3.00 bits per heavy atom. The molecule has 1 aliphatic heterocycles. The molecule has 1 saturated carbocycles. The Kier molecular flexibility index (Phi) is 2.81. The molecule has 1 aliphatic carbocycles. The maximum Gasteiger partial charge on any atom is 0.128 e. The van der Waals surface area contributed by atoms with Gasteiger partial charge in [0.25, 0.3) is 0 Å². The van der Waals surface area contributed by atoms with Crippen LogP contribution in [0.15, 0.2) is 18.2 Å². The van der Waals surface area contributed by atoms with Crippen LogP contribution < -0.4 is 4.74 Å². The summed E-state index contributed by atoms with van der Waals surface area (Å²) in [6.45, 7) is 2.19. The average molecular weight is 250 g/mol. The molecule has 98 valence electrons. The molecule has 18 heavy (non-hydrogen) atoms. The van der Waals surface area contributed by atoms with Crippen LogP contribution in [-0.2, 0) is 0 Å². The Morgan fingerprint density at radius 1 is 1.44 bits per heavy atom. The van der Waals surface area contributed by atoms with Gasteiger partial charge in [0.15, 0.2) is 0 Å². The number of benzene rings is 1. The lowest BCUT2D eigenvalue weighted by molar-refractivity contribution is -0.0124. The van der Waals surface area contributed by atoms with Crippen LogP contribution in [0.3, 0.4) is 0 Å². The van der Waals surface area contributed by atoms with Gasteiger partial charge >= 0.3 is 0 Å². The Hall–Kier alpha value is -1.09. The molecule has 0 radical (unpaired) electrons. The van der Waals surface area contributed by atoms with Crippen molar-refractivity contribution in [3.05, 3.63) is 29.6 Å². The minimum absolute atomic E-state index is 0.263. The van der Waals surface area contributed by atoms with E-state index in [-0.39, 0.29) is 11.4 Å². The van der Waals surface area contributed by atoms with Gasteiger partial charge in [0.2, 0.25) is 0 Å². The van der Waals surface area contributed by atoms with Gasteiger partial charge in [0, 0.05) is 18.1 Å². The van der Waals surface area contributed by atoms with E-state index in [2.05, 4.69) is 6.92 Å². The number of aliphatic hydroxyl groups is 1. The summed E-state index contributed by atoms with van der Waals surface area (Å²) >= 11 is 0. The number of halogens is 1. The molecular weight excluding hydrogens is 231 g/mol. The predicted octanol–water partition coefficient (Wildman–Crippen LogP) is 3.59. The second kappa shape index (κ2) is 4.23. The van der Waals surface area contributed by atoms with Gasteiger partial charge in [-0.15, -0.1) is 0 Å². The quantitative estimate of drug-likeness (QED) is 0.825. The fraction of sp³-hybridized carbons (Fsp3) is 0.600. The number of fused-ring (bicyclic) bond motifs is 1. The van der Waals surface area contributed by atoms with Crippen molar-refractivity contribution in [3.63, 3.8) is 0 Å².